The first-order valence-corrected chi connectivity index (χ1v) is 9.02. The molecule has 0 bridgehead atoms. The number of halogens is 3. The van der Waals surface area contributed by atoms with E-state index >= 15 is 0 Å². The predicted octanol–water partition coefficient (Wildman–Crippen LogP) is 2.84. The summed E-state index contributed by atoms with van der Waals surface area (Å²) in [6.45, 7) is 1.49. The van der Waals surface area contributed by atoms with Crippen LogP contribution in [0.4, 0.5) is 18.9 Å². The number of hydrogen-bond acceptors (Lipinski definition) is 4. The van der Waals surface area contributed by atoms with Gasteiger partial charge in [0, 0.05) is 17.4 Å². The Morgan fingerprint density at radius 3 is 2.39 bits per heavy atom. The van der Waals surface area contributed by atoms with Gasteiger partial charge in [-0.2, -0.15) is 18.3 Å². The molecule has 3 N–H and O–H groups in total. The van der Waals surface area contributed by atoms with Crippen LogP contribution in [-0.4, -0.2) is 21.6 Å². The van der Waals surface area contributed by atoms with E-state index < -0.39 is 34.7 Å². The van der Waals surface area contributed by atoms with Gasteiger partial charge in [-0.1, -0.05) is 18.2 Å². The minimum atomic E-state index is -4.55. The molecule has 3 aromatic rings. The van der Waals surface area contributed by atoms with Gasteiger partial charge < -0.3 is 11.1 Å². The van der Waals surface area contributed by atoms with Gasteiger partial charge in [-0.3, -0.25) is 14.4 Å². The van der Waals surface area contributed by atoms with Crippen LogP contribution in [0.15, 0.2) is 59.4 Å². The highest BCUT2D eigenvalue weighted by Gasteiger charge is 2.30. The van der Waals surface area contributed by atoms with Crippen molar-refractivity contribution in [1.29, 1.82) is 0 Å². The zero-order chi connectivity index (χ0) is 22.8. The van der Waals surface area contributed by atoms with Crippen LogP contribution in [0.3, 0.4) is 0 Å². The highest BCUT2D eigenvalue weighted by Crippen LogP contribution is 2.30. The molecule has 0 saturated carbocycles. The molecular weight excluding hydrogens is 413 g/mol. The number of hydrogen-bond donors (Lipinski definition) is 2. The lowest BCUT2D eigenvalue weighted by atomic mass is 10.1. The number of carbonyl (C=O) groups is 2. The van der Waals surface area contributed by atoms with Gasteiger partial charge >= 0.3 is 6.18 Å². The highest BCUT2D eigenvalue weighted by atomic mass is 19.4. The number of amides is 2. The number of aryl methyl sites for hydroxylation is 1. The van der Waals surface area contributed by atoms with Gasteiger partial charge in [0.25, 0.3) is 5.91 Å². The Labute approximate surface area is 174 Å². The minimum Gasteiger partial charge on any atom is -0.369 e. The van der Waals surface area contributed by atoms with Gasteiger partial charge in [-0.25, -0.2) is 4.68 Å². The van der Waals surface area contributed by atoms with Crippen LogP contribution >= 0.6 is 0 Å². The van der Waals surface area contributed by atoms with Crippen LogP contribution < -0.4 is 16.5 Å². The number of alkyl halides is 3. The predicted molar refractivity (Wildman–Crippen MR) is 107 cm³/mol. The molecule has 2 amide bonds. The number of benzene rings is 2. The first kappa shape index (κ1) is 21.8. The van der Waals surface area contributed by atoms with E-state index in [-0.39, 0.29) is 17.8 Å². The van der Waals surface area contributed by atoms with Gasteiger partial charge in [-0.15, -0.1) is 0 Å². The summed E-state index contributed by atoms with van der Waals surface area (Å²) >= 11 is 0. The SMILES string of the molecule is Cc1cc(=O)c(C(=O)Nc2ccc(CC(N)=O)cc2)nn1-c1cccc(C(F)(F)F)c1. The zero-order valence-corrected chi connectivity index (χ0v) is 16.2. The van der Waals surface area contributed by atoms with E-state index in [1.165, 1.54) is 31.2 Å². The van der Waals surface area contributed by atoms with E-state index in [9.17, 15) is 27.6 Å². The molecule has 1 heterocycles. The molecular formula is C21H17F3N4O3. The van der Waals surface area contributed by atoms with Crippen molar-refractivity contribution in [3.8, 4) is 5.69 Å². The summed E-state index contributed by atoms with van der Waals surface area (Å²) in [7, 11) is 0. The van der Waals surface area contributed by atoms with E-state index in [2.05, 4.69) is 10.4 Å². The largest absolute Gasteiger partial charge is 0.416 e. The van der Waals surface area contributed by atoms with Crippen LogP contribution in [0.25, 0.3) is 5.69 Å². The number of carbonyl (C=O) groups excluding carboxylic acids is 2. The lowest BCUT2D eigenvalue weighted by Crippen LogP contribution is -2.27. The van der Waals surface area contributed by atoms with Crippen molar-refractivity contribution in [2.75, 3.05) is 5.32 Å². The minimum absolute atomic E-state index is 0.0371. The van der Waals surface area contributed by atoms with Gasteiger partial charge in [0.05, 0.1) is 17.7 Å². The third-order valence-corrected chi connectivity index (χ3v) is 4.33. The Morgan fingerprint density at radius 2 is 1.77 bits per heavy atom. The number of nitrogens with two attached hydrogens (primary N) is 1. The van der Waals surface area contributed by atoms with Crippen LogP contribution in [0.5, 0.6) is 0 Å². The monoisotopic (exact) mass is 430 g/mol. The van der Waals surface area contributed by atoms with Gasteiger partial charge in [0.2, 0.25) is 11.3 Å². The van der Waals surface area contributed by atoms with E-state index in [0.717, 1.165) is 22.9 Å². The van der Waals surface area contributed by atoms with Crippen molar-refractivity contribution in [1.82, 2.24) is 9.78 Å². The summed E-state index contributed by atoms with van der Waals surface area (Å²) in [4.78, 5) is 35.8. The molecule has 0 aliphatic rings. The maximum Gasteiger partial charge on any atom is 0.416 e. The summed E-state index contributed by atoms with van der Waals surface area (Å²) in [5.41, 5.74) is 4.38. The van der Waals surface area contributed by atoms with Crippen LogP contribution in [-0.2, 0) is 17.4 Å². The Hall–Kier alpha value is -3.95. The first-order valence-electron chi connectivity index (χ1n) is 9.02. The van der Waals surface area contributed by atoms with Crippen LogP contribution in [0.2, 0.25) is 0 Å². The number of aromatic nitrogens is 2. The molecule has 160 valence electrons. The molecule has 0 radical (unpaired) electrons. The average molecular weight is 430 g/mol. The Morgan fingerprint density at radius 1 is 1.10 bits per heavy atom. The molecule has 3 rings (SSSR count). The topological polar surface area (TPSA) is 107 Å². The third-order valence-electron chi connectivity index (χ3n) is 4.33. The van der Waals surface area contributed by atoms with Crippen LogP contribution in [0.1, 0.15) is 27.3 Å². The normalized spacial score (nSPS) is 11.2. The maximum atomic E-state index is 13.0. The number of nitrogens with one attached hydrogen (secondary N) is 1. The molecule has 1 aromatic heterocycles. The van der Waals surface area contributed by atoms with Crippen molar-refractivity contribution in [3.05, 3.63) is 87.3 Å². The summed E-state index contributed by atoms with van der Waals surface area (Å²) in [5.74, 6) is -1.33. The second-order valence-electron chi connectivity index (χ2n) is 6.75. The molecule has 0 saturated heterocycles. The highest BCUT2D eigenvalue weighted by molar-refractivity contribution is 6.02. The Kier molecular flexibility index (Phi) is 5.91. The van der Waals surface area contributed by atoms with Crippen LogP contribution in [0, 0.1) is 6.92 Å². The molecule has 7 nitrogen and oxygen atoms in total. The average Bonchev–Trinajstić information content (AvgIpc) is 2.68. The van der Waals surface area contributed by atoms with E-state index in [0.29, 0.717) is 11.3 Å². The number of anilines is 1. The molecule has 0 aliphatic carbocycles. The first-order chi connectivity index (χ1) is 14.5. The second kappa shape index (κ2) is 8.42. The quantitative estimate of drug-likeness (QED) is 0.649. The Balaban J connectivity index is 1.91. The fourth-order valence-electron chi connectivity index (χ4n) is 2.88. The number of nitrogens with zero attached hydrogens (tertiary/aromatic N) is 2. The van der Waals surface area contributed by atoms with Crippen molar-refractivity contribution in [2.45, 2.75) is 19.5 Å². The second-order valence-corrected chi connectivity index (χ2v) is 6.75. The molecule has 2 aromatic carbocycles. The molecule has 0 atom stereocenters. The molecule has 0 spiro atoms. The lowest BCUT2D eigenvalue weighted by molar-refractivity contribution is -0.137. The third kappa shape index (κ3) is 5.16. The number of rotatable bonds is 5. The molecule has 31 heavy (non-hydrogen) atoms. The fraction of sp³-hybridized carbons (Fsp3) is 0.143. The Bertz CT molecular complexity index is 1200. The maximum absolute atomic E-state index is 13.0. The van der Waals surface area contributed by atoms with Gasteiger partial charge in [0.15, 0.2) is 5.69 Å². The summed E-state index contributed by atoms with van der Waals surface area (Å²) < 4.78 is 40.2. The van der Waals surface area contributed by atoms with E-state index in [4.69, 9.17) is 5.73 Å². The number of primary amides is 1. The molecule has 0 aliphatic heterocycles. The fourth-order valence-corrected chi connectivity index (χ4v) is 2.88. The van der Waals surface area contributed by atoms with E-state index in [1.807, 2.05) is 0 Å². The van der Waals surface area contributed by atoms with Gasteiger partial charge in [0.1, 0.15) is 0 Å². The van der Waals surface area contributed by atoms with Crippen molar-refractivity contribution < 1.29 is 22.8 Å². The van der Waals surface area contributed by atoms with Crippen molar-refractivity contribution >= 4 is 17.5 Å². The smallest absolute Gasteiger partial charge is 0.369 e. The summed E-state index contributed by atoms with van der Waals surface area (Å²) in [6.07, 6.45) is -4.51. The standard InChI is InChI=1S/C21H17F3N4O3/c1-12-9-17(29)19(20(31)26-15-7-5-13(6-8-15)10-18(25)30)27-28(12)16-4-2-3-14(11-16)21(22,23)24/h2-9,11H,10H2,1H3,(H2,25,30)(H,26,31). The zero-order valence-electron chi connectivity index (χ0n) is 16.2. The van der Waals surface area contributed by atoms with Crippen molar-refractivity contribution in [2.24, 2.45) is 5.73 Å². The summed E-state index contributed by atoms with van der Waals surface area (Å²) in [5, 5.41) is 6.48. The summed E-state index contributed by atoms with van der Waals surface area (Å²) in [6, 6.07) is 11.7. The molecule has 0 fully saturated rings. The van der Waals surface area contributed by atoms with Gasteiger partial charge in [-0.05, 0) is 42.8 Å². The van der Waals surface area contributed by atoms with Crippen molar-refractivity contribution in [3.63, 3.8) is 0 Å². The lowest BCUT2D eigenvalue weighted by Gasteiger charge is -2.13. The molecule has 10 heteroatoms. The van der Waals surface area contributed by atoms with E-state index in [1.54, 1.807) is 12.1 Å². The molecule has 0 unspecified atom stereocenters.